The average Bonchev–Trinajstić information content (AvgIpc) is 3.53. The molecule has 3 aromatic rings. The number of hydrogen-bond donors (Lipinski definition) is 2. The number of nitrogens with zero attached hydrogens (tertiary/aromatic N) is 1. The second kappa shape index (κ2) is 9.02. The molecule has 1 fully saturated rings. The highest BCUT2D eigenvalue weighted by atomic mass is 35.5. The molecule has 0 aliphatic heterocycles. The molecule has 0 spiro atoms. The number of halogens is 1. The Morgan fingerprint density at radius 1 is 1.13 bits per heavy atom. The lowest BCUT2D eigenvalue weighted by molar-refractivity contribution is 0.0951. The molecule has 0 saturated heterocycles. The Hall–Kier alpha value is -2.63. The van der Waals surface area contributed by atoms with E-state index in [1.165, 1.54) is 0 Å². The van der Waals surface area contributed by atoms with Crippen molar-refractivity contribution in [3.05, 3.63) is 70.1 Å². The Morgan fingerprint density at radius 2 is 1.83 bits per heavy atom. The number of pyridine rings is 1. The molecule has 1 amide bonds. The summed E-state index contributed by atoms with van der Waals surface area (Å²) in [5.74, 6) is 0.219. The third kappa shape index (κ3) is 4.27. The van der Waals surface area contributed by atoms with E-state index in [0.29, 0.717) is 23.4 Å². The summed E-state index contributed by atoms with van der Waals surface area (Å²) < 4.78 is 1.80. The number of fused-ring (bicyclic) bond motifs is 1. The van der Waals surface area contributed by atoms with Crippen molar-refractivity contribution in [1.82, 2.24) is 9.88 Å². The standard InChI is InChI=1S/C24H27N3O2.ClH/c1-15(2)14-27-21(13-25)22(16-6-4-3-5-7-16)20-12-17(8-11-19(20)24(27)29)23(28)26-18-9-10-18;/h3-8,11-12,15,18H,9-10,13-14,25H2,1-2H3,(H,26,28);1H. The zero-order valence-corrected chi connectivity index (χ0v) is 18.2. The quantitative estimate of drug-likeness (QED) is 0.624. The lowest BCUT2D eigenvalue weighted by atomic mass is 9.95. The van der Waals surface area contributed by atoms with E-state index in [1.807, 2.05) is 36.4 Å². The van der Waals surface area contributed by atoms with Crippen LogP contribution in [-0.2, 0) is 13.1 Å². The van der Waals surface area contributed by atoms with Gasteiger partial charge in [-0.05, 0) is 47.9 Å². The largest absolute Gasteiger partial charge is 0.349 e. The molecule has 1 heterocycles. The van der Waals surface area contributed by atoms with Crippen molar-refractivity contribution in [2.24, 2.45) is 11.7 Å². The smallest absolute Gasteiger partial charge is 0.258 e. The first kappa shape index (κ1) is 22.1. The number of carbonyl (C=O) groups is 1. The molecule has 0 bridgehead atoms. The van der Waals surface area contributed by atoms with Crippen LogP contribution in [0.5, 0.6) is 0 Å². The maximum atomic E-state index is 13.3. The molecule has 0 atom stereocenters. The molecular weight excluding hydrogens is 398 g/mol. The van der Waals surface area contributed by atoms with Crippen molar-refractivity contribution in [2.45, 2.75) is 45.8 Å². The third-order valence-electron chi connectivity index (χ3n) is 5.36. The van der Waals surface area contributed by atoms with Gasteiger partial charge in [0.05, 0.1) is 0 Å². The van der Waals surface area contributed by atoms with E-state index in [9.17, 15) is 9.59 Å². The van der Waals surface area contributed by atoms with Crippen molar-refractivity contribution >= 4 is 29.1 Å². The Kier molecular flexibility index (Phi) is 6.64. The molecule has 1 aromatic heterocycles. The van der Waals surface area contributed by atoms with Crippen LogP contribution in [0.1, 0.15) is 42.7 Å². The van der Waals surface area contributed by atoms with Crippen LogP contribution in [0.2, 0.25) is 0 Å². The summed E-state index contributed by atoms with van der Waals surface area (Å²) >= 11 is 0. The van der Waals surface area contributed by atoms with E-state index in [4.69, 9.17) is 5.73 Å². The van der Waals surface area contributed by atoms with Gasteiger partial charge in [0, 0.05) is 41.3 Å². The summed E-state index contributed by atoms with van der Waals surface area (Å²) in [4.78, 5) is 25.9. The van der Waals surface area contributed by atoms with Gasteiger partial charge in [-0.15, -0.1) is 12.4 Å². The van der Waals surface area contributed by atoms with E-state index in [0.717, 1.165) is 35.0 Å². The van der Waals surface area contributed by atoms with Gasteiger partial charge in [-0.3, -0.25) is 9.59 Å². The van der Waals surface area contributed by atoms with Gasteiger partial charge >= 0.3 is 0 Å². The zero-order chi connectivity index (χ0) is 20.5. The van der Waals surface area contributed by atoms with Crippen molar-refractivity contribution in [2.75, 3.05) is 0 Å². The van der Waals surface area contributed by atoms with Crippen molar-refractivity contribution < 1.29 is 4.79 Å². The molecule has 1 aliphatic carbocycles. The second-order valence-electron chi connectivity index (χ2n) is 8.21. The number of benzene rings is 2. The Bertz CT molecular complexity index is 1120. The van der Waals surface area contributed by atoms with E-state index in [2.05, 4.69) is 19.2 Å². The minimum Gasteiger partial charge on any atom is -0.349 e. The Labute approximate surface area is 182 Å². The predicted molar refractivity (Wildman–Crippen MR) is 124 cm³/mol. The number of nitrogens with two attached hydrogens (primary N) is 1. The molecule has 158 valence electrons. The van der Waals surface area contributed by atoms with Crippen molar-refractivity contribution in [3.63, 3.8) is 0 Å². The fourth-order valence-corrected chi connectivity index (χ4v) is 3.83. The van der Waals surface area contributed by atoms with Gasteiger partial charge in [-0.25, -0.2) is 0 Å². The number of rotatable bonds is 6. The summed E-state index contributed by atoms with van der Waals surface area (Å²) in [6.07, 6.45) is 2.07. The lowest BCUT2D eigenvalue weighted by Gasteiger charge is -2.21. The molecule has 30 heavy (non-hydrogen) atoms. The first-order valence-electron chi connectivity index (χ1n) is 10.3. The Morgan fingerprint density at radius 3 is 2.43 bits per heavy atom. The summed E-state index contributed by atoms with van der Waals surface area (Å²) in [5, 5.41) is 4.43. The maximum absolute atomic E-state index is 13.3. The highest BCUT2D eigenvalue weighted by Crippen LogP contribution is 2.32. The van der Waals surface area contributed by atoms with Crippen molar-refractivity contribution in [1.29, 1.82) is 0 Å². The summed E-state index contributed by atoms with van der Waals surface area (Å²) in [5.41, 5.74) is 9.42. The van der Waals surface area contributed by atoms with Gasteiger partial charge in [-0.2, -0.15) is 0 Å². The topological polar surface area (TPSA) is 77.1 Å². The second-order valence-corrected chi connectivity index (χ2v) is 8.21. The predicted octanol–water partition coefficient (Wildman–Crippen LogP) is 4.10. The van der Waals surface area contributed by atoms with Crippen molar-refractivity contribution in [3.8, 4) is 11.1 Å². The van der Waals surface area contributed by atoms with Gasteiger partial charge < -0.3 is 15.6 Å². The zero-order valence-electron chi connectivity index (χ0n) is 17.4. The number of hydrogen-bond acceptors (Lipinski definition) is 3. The molecule has 2 aromatic carbocycles. The van der Waals surface area contributed by atoms with E-state index >= 15 is 0 Å². The number of amides is 1. The fraction of sp³-hybridized carbons (Fsp3) is 0.333. The van der Waals surface area contributed by atoms with E-state index in [-0.39, 0.29) is 36.5 Å². The van der Waals surface area contributed by atoms with Crippen LogP contribution in [0.25, 0.3) is 21.9 Å². The minimum absolute atomic E-state index is 0. The Balaban J connectivity index is 0.00000256. The monoisotopic (exact) mass is 425 g/mol. The number of carbonyl (C=O) groups excluding carboxylic acids is 1. The van der Waals surface area contributed by atoms with Gasteiger partial charge in [0.1, 0.15) is 0 Å². The highest BCUT2D eigenvalue weighted by Gasteiger charge is 2.25. The van der Waals surface area contributed by atoms with Crippen LogP contribution in [0.15, 0.2) is 53.3 Å². The SMILES string of the molecule is CC(C)Cn1c(CN)c(-c2ccccc2)c2cc(C(=O)NC3CC3)ccc2c1=O.Cl. The summed E-state index contributed by atoms with van der Waals surface area (Å²) in [6.45, 7) is 5.03. The fourth-order valence-electron chi connectivity index (χ4n) is 3.83. The van der Waals surface area contributed by atoms with Crippen LogP contribution < -0.4 is 16.6 Å². The lowest BCUT2D eigenvalue weighted by Crippen LogP contribution is -2.29. The van der Waals surface area contributed by atoms with Crippen LogP contribution in [0, 0.1) is 5.92 Å². The summed E-state index contributed by atoms with van der Waals surface area (Å²) in [7, 11) is 0. The first-order valence-corrected chi connectivity index (χ1v) is 10.3. The molecule has 5 nitrogen and oxygen atoms in total. The molecule has 4 rings (SSSR count). The molecule has 1 aliphatic rings. The highest BCUT2D eigenvalue weighted by molar-refractivity contribution is 6.03. The van der Waals surface area contributed by atoms with Gasteiger partial charge in [0.15, 0.2) is 0 Å². The van der Waals surface area contributed by atoms with E-state index in [1.54, 1.807) is 16.7 Å². The molecule has 0 unspecified atom stereocenters. The average molecular weight is 426 g/mol. The number of nitrogens with one attached hydrogen (secondary N) is 1. The van der Waals surface area contributed by atoms with Crippen LogP contribution in [-0.4, -0.2) is 16.5 Å². The molecule has 6 heteroatoms. The molecule has 1 saturated carbocycles. The number of aromatic nitrogens is 1. The molecule has 3 N–H and O–H groups in total. The minimum atomic E-state index is -0.0888. The van der Waals surface area contributed by atoms with E-state index < -0.39 is 0 Å². The third-order valence-corrected chi connectivity index (χ3v) is 5.36. The van der Waals surface area contributed by atoms with Crippen LogP contribution >= 0.6 is 12.4 Å². The normalized spacial score (nSPS) is 13.3. The van der Waals surface area contributed by atoms with Gasteiger partial charge in [0.25, 0.3) is 11.5 Å². The first-order chi connectivity index (χ1) is 14.0. The van der Waals surface area contributed by atoms with Crippen LogP contribution in [0.3, 0.4) is 0 Å². The van der Waals surface area contributed by atoms with Gasteiger partial charge in [-0.1, -0.05) is 44.2 Å². The molecular formula is C24H28ClN3O2. The molecule has 0 radical (unpaired) electrons. The van der Waals surface area contributed by atoms with Crippen LogP contribution in [0.4, 0.5) is 0 Å². The summed E-state index contributed by atoms with van der Waals surface area (Å²) in [6, 6.07) is 15.6. The maximum Gasteiger partial charge on any atom is 0.258 e. The van der Waals surface area contributed by atoms with Gasteiger partial charge in [0.2, 0.25) is 0 Å².